The van der Waals surface area contributed by atoms with Crippen LogP contribution in [0, 0.1) is 5.92 Å². The first-order valence-electron chi connectivity index (χ1n) is 10.9. The molecule has 2 bridgehead atoms. The van der Waals surface area contributed by atoms with Gasteiger partial charge in [-0.3, -0.25) is 9.79 Å². The Morgan fingerprint density at radius 2 is 2.07 bits per heavy atom. The zero-order valence-corrected chi connectivity index (χ0v) is 18.1. The van der Waals surface area contributed by atoms with E-state index in [0.717, 1.165) is 36.9 Å². The lowest BCUT2D eigenvalue weighted by Gasteiger charge is -2.45. The van der Waals surface area contributed by atoms with Crippen molar-refractivity contribution in [2.24, 2.45) is 10.9 Å². The maximum Gasteiger partial charge on any atom is 0.248 e. The summed E-state index contributed by atoms with van der Waals surface area (Å²) in [5.41, 5.74) is 7.01. The van der Waals surface area contributed by atoms with Gasteiger partial charge in [0.2, 0.25) is 5.56 Å². The summed E-state index contributed by atoms with van der Waals surface area (Å²) in [6.07, 6.45) is 14.6. The smallest absolute Gasteiger partial charge is 0.248 e. The molecule has 1 aromatic carbocycles. The number of rotatable bonds is 5. The molecule has 3 heteroatoms. The topological polar surface area (TPSA) is 45.2 Å². The highest BCUT2D eigenvalue weighted by Gasteiger charge is 2.46. The highest BCUT2D eigenvalue weighted by molar-refractivity contribution is 5.80. The van der Waals surface area contributed by atoms with Gasteiger partial charge in [0.1, 0.15) is 5.54 Å². The van der Waals surface area contributed by atoms with Gasteiger partial charge in [0.25, 0.3) is 0 Å². The maximum atomic E-state index is 11.9. The fourth-order valence-corrected chi connectivity index (χ4v) is 5.16. The second kappa shape index (κ2) is 8.43. The number of hydrogen-bond donors (Lipinski definition) is 1. The molecule has 0 aliphatic heterocycles. The lowest BCUT2D eigenvalue weighted by Crippen LogP contribution is -2.40. The van der Waals surface area contributed by atoms with Crippen LogP contribution in [-0.2, 0) is 18.4 Å². The highest BCUT2D eigenvalue weighted by Crippen LogP contribution is 2.51. The van der Waals surface area contributed by atoms with Crippen molar-refractivity contribution >= 4 is 12.3 Å². The number of fused-ring (bicyclic) bond motifs is 4. The summed E-state index contributed by atoms with van der Waals surface area (Å²) in [4.78, 5) is 20.2. The Kier molecular flexibility index (Phi) is 5.72. The Morgan fingerprint density at radius 1 is 1.23 bits per heavy atom. The monoisotopic (exact) mass is 398 g/mol. The average molecular weight is 399 g/mol. The van der Waals surface area contributed by atoms with Gasteiger partial charge in [-0.15, -0.1) is 0 Å². The summed E-state index contributed by atoms with van der Waals surface area (Å²) in [7, 11) is 0. The molecule has 1 aromatic heterocycles. The normalized spacial score (nSPS) is 24.4. The average Bonchev–Trinajstić information content (AvgIpc) is 2.72. The predicted molar refractivity (Wildman–Crippen MR) is 126 cm³/mol. The molecule has 0 radical (unpaired) electrons. The summed E-state index contributed by atoms with van der Waals surface area (Å²) in [6.45, 7) is 6.51. The van der Waals surface area contributed by atoms with Crippen LogP contribution in [0.2, 0.25) is 0 Å². The van der Waals surface area contributed by atoms with Crippen LogP contribution in [0.25, 0.3) is 6.08 Å². The lowest BCUT2D eigenvalue weighted by atomic mass is 9.63. The molecule has 2 aliphatic rings. The zero-order valence-electron chi connectivity index (χ0n) is 18.1. The van der Waals surface area contributed by atoms with Gasteiger partial charge in [-0.25, -0.2) is 0 Å². The van der Waals surface area contributed by atoms with E-state index in [2.05, 4.69) is 74.3 Å². The van der Waals surface area contributed by atoms with Gasteiger partial charge in [-0.1, -0.05) is 61.4 Å². The number of aromatic amines is 1. The molecule has 2 aromatic rings. The first kappa shape index (κ1) is 20.3. The minimum atomic E-state index is -0.427. The van der Waals surface area contributed by atoms with E-state index in [4.69, 9.17) is 4.99 Å². The van der Waals surface area contributed by atoms with E-state index >= 15 is 0 Å². The van der Waals surface area contributed by atoms with Crippen molar-refractivity contribution in [3.05, 3.63) is 98.5 Å². The molecule has 1 N–H and O–H groups in total. The molecule has 3 nitrogen and oxygen atoms in total. The van der Waals surface area contributed by atoms with Crippen molar-refractivity contribution in [2.75, 3.05) is 0 Å². The third-order valence-corrected chi connectivity index (χ3v) is 6.31. The van der Waals surface area contributed by atoms with Gasteiger partial charge in [-0.05, 0) is 55.5 Å². The molecule has 0 saturated heterocycles. The molecule has 2 atom stereocenters. The third-order valence-electron chi connectivity index (χ3n) is 6.31. The van der Waals surface area contributed by atoms with Crippen molar-refractivity contribution in [2.45, 2.75) is 52.0 Å². The minimum Gasteiger partial charge on any atom is -0.326 e. The maximum absolute atomic E-state index is 11.9. The Labute approximate surface area is 179 Å². The van der Waals surface area contributed by atoms with Crippen molar-refractivity contribution in [1.82, 2.24) is 4.98 Å². The number of H-pyrrole nitrogens is 1. The van der Waals surface area contributed by atoms with Crippen LogP contribution >= 0.6 is 0 Å². The molecule has 1 heterocycles. The molecule has 30 heavy (non-hydrogen) atoms. The van der Waals surface area contributed by atoms with Crippen LogP contribution in [0.4, 0.5) is 0 Å². The molecule has 154 valence electrons. The number of allylic oxidation sites excluding steroid dienone is 3. The Hall–Kier alpha value is -2.94. The molecule has 0 unspecified atom stereocenters. The van der Waals surface area contributed by atoms with E-state index in [-0.39, 0.29) is 5.56 Å². The number of aliphatic imine (C=N–C) groups is 1. The molecule has 4 rings (SSSR count). The van der Waals surface area contributed by atoms with E-state index in [1.807, 2.05) is 12.3 Å². The van der Waals surface area contributed by atoms with Crippen LogP contribution in [0.3, 0.4) is 0 Å². The van der Waals surface area contributed by atoms with E-state index < -0.39 is 5.54 Å². The number of nitrogens with zero attached hydrogens (tertiary/aromatic N) is 1. The first-order valence-corrected chi connectivity index (χ1v) is 10.9. The van der Waals surface area contributed by atoms with E-state index in [1.165, 1.54) is 22.3 Å². The van der Waals surface area contributed by atoms with Gasteiger partial charge in [0.15, 0.2) is 0 Å². The SMILES string of the molecule is C/C=C1\[C@H]2C=C(C)C[C@]1(N=CC=Cc1ccccc1CCC)c1ccc(=O)[nH]c1C2. The van der Waals surface area contributed by atoms with Crippen molar-refractivity contribution < 1.29 is 0 Å². The summed E-state index contributed by atoms with van der Waals surface area (Å²) < 4.78 is 0. The minimum absolute atomic E-state index is 0.0389. The van der Waals surface area contributed by atoms with E-state index in [1.54, 1.807) is 6.07 Å². The fraction of sp³-hybridized carbons (Fsp3) is 0.333. The summed E-state index contributed by atoms with van der Waals surface area (Å²) in [5.74, 6) is 0.292. The number of hydrogen-bond acceptors (Lipinski definition) is 2. The van der Waals surface area contributed by atoms with Gasteiger partial charge in [0, 0.05) is 35.9 Å². The highest BCUT2D eigenvalue weighted by atomic mass is 16.1. The number of nitrogens with one attached hydrogen (secondary N) is 1. The second-order valence-corrected chi connectivity index (χ2v) is 8.41. The Bertz CT molecular complexity index is 1120. The van der Waals surface area contributed by atoms with Gasteiger partial charge in [-0.2, -0.15) is 0 Å². The van der Waals surface area contributed by atoms with Gasteiger partial charge < -0.3 is 4.98 Å². The van der Waals surface area contributed by atoms with Crippen molar-refractivity contribution in [1.29, 1.82) is 0 Å². The molecule has 0 amide bonds. The third kappa shape index (κ3) is 3.65. The summed E-state index contributed by atoms with van der Waals surface area (Å²) >= 11 is 0. The molecule has 0 spiro atoms. The van der Waals surface area contributed by atoms with Gasteiger partial charge >= 0.3 is 0 Å². The quantitative estimate of drug-likeness (QED) is 0.504. The van der Waals surface area contributed by atoms with E-state index in [9.17, 15) is 4.79 Å². The Morgan fingerprint density at radius 3 is 2.87 bits per heavy atom. The molecular formula is C27H30N2O. The van der Waals surface area contributed by atoms with Crippen LogP contribution in [-0.4, -0.2) is 11.2 Å². The van der Waals surface area contributed by atoms with Crippen LogP contribution < -0.4 is 5.56 Å². The van der Waals surface area contributed by atoms with Gasteiger partial charge in [0.05, 0.1) is 0 Å². The first-order chi connectivity index (χ1) is 14.6. The second-order valence-electron chi connectivity index (χ2n) is 8.41. The summed E-state index contributed by atoms with van der Waals surface area (Å²) in [5, 5.41) is 0. The number of aryl methyl sites for hydroxylation is 1. The molecule has 0 saturated carbocycles. The van der Waals surface area contributed by atoms with Crippen molar-refractivity contribution in [3.8, 4) is 0 Å². The van der Waals surface area contributed by atoms with E-state index in [0.29, 0.717) is 5.92 Å². The van der Waals surface area contributed by atoms with Crippen molar-refractivity contribution in [3.63, 3.8) is 0 Å². The molecule has 0 fully saturated rings. The lowest BCUT2D eigenvalue weighted by molar-refractivity contribution is 0.413. The fourth-order valence-electron chi connectivity index (χ4n) is 5.16. The largest absolute Gasteiger partial charge is 0.326 e. The number of aromatic nitrogens is 1. The number of benzene rings is 1. The zero-order chi connectivity index (χ0) is 21.1. The van der Waals surface area contributed by atoms with Crippen LogP contribution in [0.5, 0.6) is 0 Å². The standard InChI is InChI=1S/C27H30N2O/c1-4-9-20-10-6-7-11-21(20)12-8-15-28-27-18-19(3)16-22(23(27)5-2)17-25-24(27)13-14-26(30)29-25/h5-8,10-16,22H,4,9,17-18H2,1-3H3,(H,29,30)/b12-8?,23-5+,28-15?/t22-,27+/m0/s1. The molecule has 2 aliphatic carbocycles. The number of pyridine rings is 1. The molecular weight excluding hydrogens is 368 g/mol. The van der Waals surface area contributed by atoms with Crippen LogP contribution in [0.1, 0.15) is 56.0 Å². The van der Waals surface area contributed by atoms with Crippen LogP contribution in [0.15, 0.2) is 75.6 Å². The summed E-state index contributed by atoms with van der Waals surface area (Å²) in [6, 6.07) is 12.2. The Balaban J connectivity index is 1.74. The predicted octanol–water partition coefficient (Wildman–Crippen LogP) is 5.78.